The van der Waals surface area contributed by atoms with Gasteiger partial charge in [-0.15, -0.1) is 0 Å². The Hall–Kier alpha value is -2.37. The van der Waals surface area contributed by atoms with Gasteiger partial charge in [-0.05, 0) is 26.7 Å². The summed E-state index contributed by atoms with van der Waals surface area (Å²) in [6.07, 6.45) is 4.06. The zero-order valence-electron chi connectivity index (χ0n) is 11.5. The van der Waals surface area contributed by atoms with Crippen molar-refractivity contribution in [2.45, 2.75) is 26.7 Å². The van der Waals surface area contributed by atoms with Crippen LogP contribution in [-0.2, 0) is 19.1 Å². The van der Waals surface area contributed by atoms with Crippen molar-refractivity contribution in [3.05, 3.63) is 35.5 Å². The number of allylic oxidation sites excluding steroid dienone is 2. The Morgan fingerprint density at radius 2 is 1.55 bits per heavy atom. The molecule has 0 fully saturated rings. The number of ether oxygens (including phenoxy) is 1. The van der Waals surface area contributed by atoms with Gasteiger partial charge >= 0.3 is 17.9 Å². The highest BCUT2D eigenvalue weighted by Gasteiger charge is 2.20. The summed E-state index contributed by atoms with van der Waals surface area (Å²) >= 11 is 0. The molecule has 0 aromatic heterocycles. The number of carboxylic acids is 2. The number of carbonyl (C=O) groups is 3. The summed E-state index contributed by atoms with van der Waals surface area (Å²) in [5, 5.41) is 17.2. The summed E-state index contributed by atoms with van der Waals surface area (Å²) in [5.74, 6) is -2.67. The van der Waals surface area contributed by atoms with E-state index in [2.05, 4.69) is 11.3 Å². The number of carboxylic acid groups (broad SMARTS) is 2. The van der Waals surface area contributed by atoms with Crippen molar-refractivity contribution in [3.8, 4) is 0 Å². The molecule has 1 aliphatic rings. The molecule has 1 rings (SSSR count). The van der Waals surface area contributed by atoms with Crippen LogP contribution in [0.4, 0.5) is 0 Å². The lowest BCUT2D eigenvalue weighted by Crippen LogP contribution is -2.13. The first kappa shape index (κ1) is 17.6. The number of rotatable bonds is 4. The average Bonchev–Trinajstić information content (AvgIpc) is 2.39. The Morgan fingerprint density at radius 3 is 1.75 bits per heavy atom. The van der Waals surface area contributed by atoms with Crippen molar-refractivity contribution in [2.75, 3.05) is 6.61 Å². The summed E-state index contributed by atoms with van der Waals surface area (Å²) in [7, 11) is 0. The highest BCUT2D eigenvalue weighted by Crippen LogP contribution is 2.18. The Labute approximate surface area is 117 Å². The molecule has 0 heterocycles. The minimum atomic E-state index is -1.18. The van der Waals surface area contributed by atoms with E-state index >= 15 is 0 Å². The van der Waals surface area contributed by atoms with Gasteiger partial charge in [0.15, 0.2) is 0 Å². The molecule has 0 bridgehead atoms. The van der Waals surface area contributed by atoms with Gasteiger partial charge in [0.25, 0.3) is 0 Å². The van der Waals surface area contributed by atoms with Crippen LogP contribution in [0.5, 0.6) is 0 Å². The molecule has 0 unspecified atom stereocenters. The molecule has 110 valence electrons. The van der Waals surface area contributed by atoms with Gasteiger partial charge in [0, 0.05) is 5.57 Å². The fraction of sp³-hybridized carbons (Fsp3) is 0.357. The van der Waals surface area contributed by atoms with E-state index in [1.165, 1.54) is 12.2 Å². The number of hydrogen-bond acceptors (Lipinski definition) is 4. The summed E-state index contributed by atoms with van der Waals surface area (Å²) in [5.41, 5.74) is 0.245. The molecular formula is C14H18O6. The second-order valence-electron chi connectivity index (χ2n) is 3.92. The predicted octanol–water partition coefficient (Wildman–Crippen LogP) is 1.93. The van der Waals surface area contributed by atoms with Crippen LogP contribution in [0.1, 0.15) is 26.7 Å². The lowest BCUT2D eigenvalue weighted by Gasteiger charge is -2.07. The molecule has 0 saturated heterocycles. The van der Waals surface area contributed by atoms with Crippen molar-refractivity contribution < 1.29 is 29.3 Å². The van der Waals surface area contributed by atoms with Crippen LogP contribution in [0.2, 0.25) is 0 Å². The summed E-state index contributed by atoms with van der Waals surface area (Å²) in [6, 6.07) is 0. The van der Waals surface area contributed by atoms with E-state index in [9.17, 15) is 14.4 Å². The molecular weight excluding hydrogens is 264 g/mol. The highest BCUT2D eigenvalue weighted by atomic mass is 16.5. The minimum absolute atomic E-state index is 0.103. The Bertz CT molecular complexity index is 440. The summed E-state index contributed by atoms with van der Waals surface area (Å²) < 4.78 is 4.56. The van der Waals surface area contributed by atoms with E-state index in [-0.39, 0.29) is 17.1 Å². The van der Waals surface area contributed by atoms with Gasteiger partial charge < -0.3 is 14.9 Å². The molecule has 0 aromatic rings. The van der Waals surface area contributed by atoms with E-state index in [4.69, 9.17) is 10.2 Å². The van der Waals surface area contributed by atoms with Gasteiger partial charge in [0.1, 0.15) is 0 Å². The second kappa shape index (κ2) is 8.68. The molecule has 0 aromatic carbocycles. The van der Waals surface area contributed by atoms with Crippen LogP contribution in [0.15, 0.2) is 35.5 Å². The molecule has 20 heavy (non-hydrogen) atoms. The third-order valence-electron chi connectivity index (χ3n) is 2.24. The lowest BCUT2D eigenvalue weighted by molar-refractivity contribution is -0.138. The van der Waals surface area contributed by atoms with Gasteiger partial charge in [-0.1, -0.05) is 18.7 Å². The second-order valence-corrected chi connectivity index (χ2v) is 3.92. The van der Waals surface area contributed by atoms with Crippen molar-refractivity contribution in [2.24, 2.45) is 0 Å². The van der Waals surface area contributed by atoms with Crippen LogP contribution in [0.25, 0.3) is 0 Å². The number of aliphatic carboxylic acids is 2. The van der Waals surface area contributed by atoms with Crippen LogP contribution in [0.3, 0.4) is 0 Å². The van der Waals surface area contributed by atoms with E-state index in [0.29, 0.717) is 25.0 Å². The Kier molecular flexibility index (Phi) is 7.65. The first-order valence-electron chi connectivity index (χ1n) is 6.01. The first-order chi connectivity index (χ1) is 9.31. The van der Waals surface area contributed by atoms with Crippen LogP contribution in [-0.4, -0.2) is 34.7 Å². The quantitative estimate of drug-likeness (QED) is 0.603. The molecule has 0 aliphatic heterocycles. The molecule has 6 nitrogen and oxygen atoms in total. The average molecular weight is 282 g/mol. The standard InChI is InChI=1S/C8H8O4.C6H10O2/c9-7(10)5-3-1-2-4-6(5)8(11)12;1-4-8-6(7)5(2)3/h3-4H,1-2H2,(H,9,10)(H,11,12);2,4H2,1,3H3. The maximum atomic E-state index is 10.5. The molecule has 1 aliphatic carbocycles. The van der Waals surface area contributed by atoms with E-state index in [1.54, 1.807) is 13.8 Å². The number of esters is 1. The predicted molar refractivity (Wildman–Crippen MR) is 72.1 cm³/mol. The Morgan fingerprint density at radius 1 is 1.15 bits per heavy atom. The van der Waals surface area contributed by atoms with Crippen LogP contribution < -0.4 is 0 Å². The number of hydrogen-bond donors (Lipinski definition) is 2. The summed E-state index contributed by atoms with van der Waals surface area (Å²) in [6.45, 7) is 7.21. The maximum absolute atomic E-state index is 10.5. The summed E-state index contributed by atoms with van der Waals surface area (Å²) in [4.78, 5) is 31.4. The van der Waals surface area contributed by atoms with Crippen molar-refractivity contribution >= 4 is 17.9 Å². The van der Waals surface area contributed by atoms with Gasteiger partial charge in [-0.25, -0.2) is 14.4 Å². The smallest absolute Gasteiger partial charge is 0.336 e. The van der Waals surface area contributed by atoms with Crippen LogP contribution >= 0.6 is 0 Å². The fourth-order valence-electron chi connectivity index (χ4n) is 1.33. The van der Waals surface area contributed by atoms with Gasteiger partial charge in [-0.2, -0.15) is 0 Å². The topological polar surface area (TPSA) is 101 Å². The van der Waals surface area contributed by atoms with E-state index in [1.807, 2.05) is 0 Å². The van der Waals surface area contributed by atoms with Crippen molar-refractivity contribution in [3.63, 3.8) is 0 Å². The fourth-order valence-corrected chi connectivity index (χ4v) is 1.33. The third kappa shape index (κ3) is 5.99. The normalized spacial score (nSPS) is 13.1. The van der Waals surface area contributed by atoms with Crippen LogP contribution in [0, 0.1) is 0 Å². The highest BCUT2D eigenvalue weighted by molar-refractivity contribution is 6.05. The van der Waals surface area contributed by atoms with E-state index in [0.717, 1.165) is 0 Å². The lowest BCUT2D eigenvalue weighted by atomic mass is 9.98. The monoisotopic (exact) mass is 282 g/mol. The SMILES string of the molecule is C=C(C)C(=O)OCC.O=C(O)C1=CCCC=C1C(=O)O. The van der Waals surface area contributed by atoms with Gasteiger partial charge in [-0.3, -0.25) is 0 Å². The molecule has 6 heteroatoms. The van der Waals surface area contributed by atoms with Gasteiger partial charge in [0.05, 0.1) is 17.8 Å². The zero-order valence-corrected chi connectivity index (χ0v) is 11.5. The first-order valence-corrected chi connectivity index (χ1v) is 6.01. The molecule has 2 N–H and O–H groups in total. The molecule has 0 radical (unpaired) electrons. The third-order valence-corrected chi connectivity index (χ3v) is 2.24. The van der Waals surface area contributed by atoms with Gasteiger partial charge in [0.2, 0.25) is 0 Å². The molecule has 0 amide bonds. The molecule has 0 saturated carbocycles. The maximum Gasteiger partial charge on any atom is 0.336 e. The zero-order chi connectivity index (χ0) is 15.7. The number of carbonyl (C=O) groups excluding carboxylic acids is 1. The van der Waals surface area contributed by atoms with Crippen molar-refractivity contribution in [1.82, 2.24) is 0 Å². The molecule has 0 spiro atoms. The van der Waals surface area contributed by atoms with Crippen molar-refractivity contribution in [1.29, 1.82) is 0 Å². The molecule has 0 atom stereocenters. The Balaban J connectivity index is 0.000000396. The minimum Gasteiger partial charge on any atom is -0.478 e. The van der Waals surface area contributed by atoms with E-state index < -0.39 is 11.9 Å². The largest absolute Gasteiger partial charge is 0.478 e.